The van der Waals surface area contributed by atoms with Gasteiger partial charge in [-0.25, -0.2) is 0 Å². The second-order valence-electron chi connectivity index (χ2n) is 3.17. The Kier molecular flexibility index (Phi) is 1.76. The number of nitrogens with two attached hydrogens (primary N) is 1. The zero-order valence-electron chi connectivity index (χ0n) is 6.97. The summed E-state index contributed by atoms with van der Waals surface area (Å²) in [7, 11) is 2.10. The van der Waals surface area contributed by atoms with Crippen molar-refractivity contribution >= 4 is 27.3 Å². The smallest absolute Gasteiger partial charge is 0.0479 e. The zero-order valence-corrected chi connectivity index (χ0v) is 8.56. The zero-order chi connectivity index (χ0) is 8.72. The van der Waals surface area contributed by atoms with E-state index in [0.717, 1.165) is 23.1 Å². The summed E-state index contributed by atoms with van der Waals surface area (Å²) in [6, 6.07) is 4.15. The Morgan fingerprint density at radius 2 is 2.25 bits per heavy atom. The molecule has 64 valence electrons. The topological polar surface area (TPSA) is 29.3 Å². The van der Waals surface area contributed by atoms with E-state index in [1.165, 1.54) is 11.3 Å². The van der Waals surface area contributed by atoms with Crippen molar-refractivity contribution in [1.82, 2.24) is 0 Å². The quantitative estimate of drug-likeness (QED) is 0.687. The molecule has 12 heavy (non-hydrogen) atoms. The predicted molar refractivity (Wildman–Crippen MR) is 55.5 cm³/mol. The first kappa shape index (κ1) is 7.92. The predicted octanol–water partition coefficient (Wildman–Crippen LogP) is 2.02. The fourth-order valence-electron chi connectivity index (χ4n) is 1.58. The number of benzene rings is 1. The normalized spacial score (nSPS) is 15.0. The van der Waals surface area contributed by atoms with E-state index in [9.17, 15) is 0 Å². The van der Waals surface area contributed by atoms with Gasteiger partial charge in [0.25, 0.3) is 0 Å². The summed E-state index contributed by atoms with van der Waals surface area (Å²) in [6.45, 7) is 1.10. The van der Waals surface area contributed by atoms with Gasteiger partial charge in [-0.05, 0) is 40.0 Å². The summed E-state index contributed by atoms with van der Waals surface area (Å²) < 4.78 is 1.01. The lowest BCUT2D eigenvalue weighted by atomic mass is 10.1. The molecular formula is C9H11BrN2. The molecule has 0 fully saturated rings. The fraction of sp³-hybridized carbons (Fsp3) is 0.333. The second-order valence-corrected chi connectivity index (χ2v) is 4.03. The summed E-state index contributed by atoms with van der Waals surface area (Å²) in [4.78, 5) is 2.23. The van der Waals surface area contributed by atoms with Gasteiger partial charge in [0, 0.05) is 29.4 Å². The van der Waals surface area contributed by atoms with E-state index < -0.39 is 0 Å². The van der Waals surface area contributed by atoms with E-state index >= 15 is 0 Å². The van der Waals surface area contributed by atoms with Crippen LogP contribution >= 0.6 is 15.9 Å². The maximum Gasteiger partial charge on any atom is 0.0479 e. The van der Waals surface area contributed by atoms with Crippen LogP contribution < -0.4 is 10.6 Å². The summed E-state index contributed by atoms with van der Waals surface area (Å²) in [5.74, 6) is 0. The molecule has 2 nitrogen and oxygen atoms in total. The lowest BCUT2D eigenvalue weighted by Gasteiger charge is -2.12. The van der Waals surface area contributed by atoms with E-state index in [1.54, 1.807) is 0 Å². The van der Waals surface area contributed by atoms with Gasteiger partial charge in [-0.15, -0.1) is 0 Å². The number of nitrogens with zero attached hydrogens (tertiary/aromatic N) is 1. The van der Waals surface area contributed by atoms with Crippen LogP contribution in [-0.4, -0.2) is 13.6 Å². The van der Waals surface area contributed by atoms with E-state index in [2.05, 4.69) is 33.9 Å². The van der Waals surface area contributed by atoms with E-state index in [1.807, 2.05) is 6.07 Å². The number of anilines is 2. The number of likely N-dealkylation sites (N-methyl/N-ethyl adjacent to an activating group) is 1. The van der Waals surface area contributed by atoms with Crippen molar-refractivity contribution < 1.29 is 0 Å². The molecular weight excluding hydrogens is 216 g/mol. The van der Waals surface area contributed by atoms with Gasteiger partial charge in [0.15, 0.2) is 0 Å². The highest BCUT2D eigenvalue weighted by Gasteiger charge is 2.16. The first-order chi connectivity index (χ1) is 5.68. The van der Waals surface area contributed by atoms with E-state index in [0.29, 0.717) is 0 Å². The molecule has 0 spiro atoms. The number of halogens is 1. The molecule has 2 N–H and O–H groups in total. The first-order valence-corrected chi connectivity index (χ1v) is 4.77. The van der Waals surface area contributed by atoms with Gasteiger partial charge in [-0.2, -0.15) is 0 Å². The molecule has 0 saturated heterocycles. The Morgan fingerprint density at radius 3 is 3.00 bits per heavy atom. The molecule has 1 aromatic carbocycles. The largest absolute Gasteiger partial charge is 0.398 e. The van der Waals surface area contributed by atoms with Crippen molar-refractivity contribution in [1.29, 1.82) is 0 Å². The number of hydrogen-bond donors (Lipinski definition) is 1. The summed E-state index contributed by atoms with van der Waals surface area (Å²) in [6.07, 6.45) is 1.13. The van der Waals surface area contributed by atoms with Crippen LogP contribution in [0.3, 0.4) is 0 Å². The standard InChI is InChI=1S/C9H11BrN2/c1-12-3-2-6-4-7(10)8(11)5-9(6)12/h4-5H,2-3,11H2,1H3. The maximum absolute atomic E-state index is 5.78. The minimum absolute atomic E-state index is 0.822. The second kappa shape index (κ2) is 2.66. The van der Waals surface area contributed by atoms with Crippen LogP contribution in [0.5, 0.6) is 0 Å². The van der Waals surface area contributed by atoms with Gasteiger partial charge in [0.2, 0.25) is 0 Å². The summed E-state index contributed by atoms with van der Waals surface area (Å²) >= 11 is 3.43. The van der Waals surface area contributed by atoms with Crippen molar-refractivity contribution in [3.8, 4) is 0 Å². The lowest BCUT2D eigenvalue weighted by Crippen LogP contribution is -2.12. The first-order valence-electron chi connectivity index (χ1n) is 3.97. The molecule has 1 aliphatic heterocycles. The highest BCUT2D eigenvalue weighted by molar-refractivity contribution is 9.10. The Labute approximate surface area is 80.5 Å². The van der Waals surface area contributed by atoms with Crippen molar-refractivity contribution in [2.45, 2.75) is 6.42 Å². The molecule has 0 radical (unpaired) electrons. The molecule has 0 amide bonds. The van der Waals surface area contributed by atoms with Gasteiger partial charge in [0.05, 0.1) is 0 Å². The van der Waals surface area contributed by atoms with Gasteiger partial charge in [-0.1, -0.05) is 0 Å². The number of fused-ring (bicyclic) bond motifs is 1. The van der Waals surface area contributed by atoms with Crippen molar-refractivity contribution in [2.24, 2.45) is 0 Å². The Morgan fingerprint density at radius 1 is 1.50 bits per heavy atom. The minimum Gasteiger partial charge on any atom is -0.398 e. The number of rotatable bonds is 0. The average Bonchev–Trinajstić information content (AvgIpc) is 2.35. The average molecular weight is 227 g/mol. The Hall–Kier alpha value is -0.700. The van der Waals surface area contributed by atoms with Crippen LogP contribution in [0.15, 0.2) is 16.6 Å². The molecule has 2 rings (SSSR count). The third-order valence-corrected chi connectivity index (χ3v) is 3.01. The molecule has 0 aliphatic carbocycles. The van der Waals surface area contributed by atoms with Crippen molar-refractivity contribution in [3.05, 3.63) is 22.2 Å². The molecule has 0 bridgehead atoms. The molecule has 1 aromatic rings. The van der Waals surface area contributed by atoms with Crippen molar-refractivity contribution in [3.63, 3.8) is 0 Å². The third-order valence-electron chi connectivity index (χ3n) is 2.33. The highest BCUT2D eigenvalue weighted by Crippen LogP contribution is 2.33. The summed E-state index contributed by atoms with van der Waals surface area (Å²) in [5.41, 5.74) is 9.26. The molecule has 0 aromatic heterocycles. The van der Waals surface area contributed by atoms with E-state index in [-0.39, 0.29) is 0 Å². The van der Waals surface area contributed by atoms with Gasteiger partial charge in [0.1, 0.15) is 0 Å². The molecule has 1 heterocycles. The number of hydrogen-bond acceptors (Lipinski definition) is 2. The van der Waals surface area contributed by atoms with Gasteiger partial charge >= 0.3 is 0 Å². The Balaban J connectivity index is 2.56. The van der Waals surface area contributed by atoms with Gasteiger partial charge in [-0.3, -0.25) is 0 Å². The lowest BCUT2D eigenvalue weighted by molar-refractivity contribution is 0.956. The minimum atomic E-state index is 0.822. The molecule has 0 atom stereocenters. The molecule has 0 saturated carbocycles. The van der Waals surface area contributed by atoms with Crippen LogP contribution in [-0.2, 0) is 6.42 Å². The fourth-order valence-corrected chi connectivity index (χ4v) is 1.97. The van der Waals surface area contributed by atoms with Crippen molar-refractivity contribution in [2.75, 3.05) is 24.2 Å². The number of nitrogen functional groups attached to an aromatic ring is 1. The van der Waals surface area contributed by atoms with Gasteiger partial charge < -0.3 is 10.6 Å². The SMILES string of the molecule is CN1CCc2cc(Br)c(N)cc21. The third kappa shape index (κ3) is 1.08. The molecule has 3 heteroatoms. The Bertz CT molecular complexity index is 323. The van der Waals surface area contributed by atoms with E-state index in [4.69, 9.17) is 5.73 Å². The van der Waals surface area contributed by atoms with Crippen LogP contribution in [0.4, 0.5) is 11.4 Å². The maximum atomic E-state index is 5.78. The monoisotopic (exact) mass is 226 g/mol. The molecule has 1 aliphatic rings. The van der Waals surface area contributed by atoms with Crippen LogP contribution in [0, 0.1) is 0 Å². The van der Waals surface area contributed by atoms with Crippen LogP contribution in [0.2, 0.25) is 0 Å². The van der Waals surface area contributed by atoms with Crippen LogP contribution in [0.25, 0.3) is 0 Å². The van der Waals surface area contributed by atoms with Crippen LogP contribution in [0.1, 0.15) is 5.56 Å². The molecule has 0 unspecified atom stereocenters. The highest BCUT2D eigenvalue weighted by atomic mass is 79.9. The summed E-state index contributed by atoms with van der Waals surface area (Å²) in [5, 5.41) is 0.